The molecular weight excluding hydrogens is 324 g/mol. The topological polar surface area (TPSA) is 57.3 Å². The number of methoxy groups -OCH3 is 1. The first kappa shape index (κ1) is 16.7. The fourth-order valence-electron chi connectivity index (χ4n) is 3.53. The third-order valence-electron chi connectivity index (χ3n) is 4.64. The number of aromatic hydroxyl groups is 1. The molecule has 1 aromatic heterocycles. The Bertz CT molecular complexity index is 860. The number of hydrogen-bond acceptors (Lipinski definition) is 3. The van der Waals surface area contributed by atoms with Crippen LogP contribution in [0.1, 0.15) is 22.9 Å². The zero-order valence-corrected chi connectivity index (χ0v) is 14.3. The number of fused-ring (bicyclic) bond motifs is 3. The van der Waals surface area contributed by atoms with E-state index >= 15 is 0 Å². The minimum Gasteiger partial charge on any atom is -0.504 e. The number of halogens is 1. The first-order valence-electron chi connectivity index (χ1n) is 7.95. The number of rotatable bonds is 3. The smallest absolute Gasteiger partial charge is 0.160 e. The van der Waals surface area contributed by atoms with Crippen molar-refractivity contribution < 1.29 is 9.84 Å². The van der Waals surface area contributed by atoms with Gasteiger partial charge >= 0.3 is 0 Å². The molecule has 0 saturated carbocycles. The van der Waals surface area contributed by atoms with Crippen LogP contribution in [-0.4, -0.2) is 23.7 Å². The summed E-state index contributed by atoms with van der Waals surface area (Å²) in [6.07, 6.45) is 1.88. The van der Waals surface area contributed by atoms with Gasteiger partial charge in [-0.2, -0.15) is 0 Å². The van der Waals surface area contributed by atoms with E-state index in [-0.39, 0.29) is 24.2 Å². The predicted molar refractivity (Wildman–Crippen MR) is 98.4 cm³/mol. The van der Waals surface area contributed by atoms with Crippen molar-refractivity contribution in [2.45, 2.75) is 18.9 Å². The third kappa shape index (κ3) is 2.83. The Morgan fingerprint density at radius 2 is 2.04 bits per heavy atom. The quantitative estimate of drug-likeness (QED) is 0.678. The second-order valence-corrected chi connectivity index (χ2v) is 6.03. The van der Waals surface area contributed by atoms with Gasteiger partial charge in [-0.05, 0) is 48.7 Å². The standard InChI is InChI=1S/C19H20N2O2.ClH/c1-23-18-7-6-12(11-17(18)22)10-16-19-14(8-9-20-16)13-4-2-3-5-15(13)21-19;/h2-7,11,16,20-22H,8-10H2,1H3;1H. The second-order valence-electron chi connectivity index (χ2n) is 6.03. The molecule has 4 rings (SSSR count). The molecule has 0 fully saturated rings. The molecule has 0 aliphatic carbocycles. The number of para-hydroxylation sites is 1. The van der Waals surface area contributed by atoms with Crippen LogP contribution in [-0.2, 0) is 12.8 Å². The van der Waals surface area contributed by atoms with Gasteiger partial charge in [0.15, 0.2) is 11.5 Å². The molecule has 126 valence electrons. The van der Waals surface area contributed by atoms with E-state index in [0.717, 1.165) is 24.9 Å². The summed E-state index contributed by atoms with van der Waals surface area (Å²) in [5, 5.41) is 14.9. The predicted octanol–water partition coefficient (Wildman–Crippen LogP) is 3.73. The first-order valence-corrected chi connectivity index (χ1v) is 7.95. The Morgan fingerprint density at radius 1 is 1.21 bits per heavy atom. The lowest BCUT2D eigenvalue weighted by Crippen LogP contribution is -2.31. The van der Waals surface area contributed by atoms with Gasteiger partial charge in [0.25, 0.3) is 0 Å². The summed E-state index contributed by atoms with van der Waals surface area (Å²) in [7, 11) is 1.56. The molecule has 0 saturated heterocycles. The Labute approximate surface area is 147 Å². The van der Waals surface area contributed by atoms with Gasteiger partial charge in [-0.1, -0.05) is 24.3 Å². The fourth-order valence-corrected chi connectivity index (χ4v) is 3.53. The lowest BCUT2D eigenvalue weighted by molar-refractivity contribution is 0.372. The maximum Gasteiger partial charge on any atom is 0.160 e. The summed E-state index contributed by atoms with van der Waals surface area (Å²) in [5.74, 6) is 0.703. The number of phenolic OH excluding ortho intramolecular Hbond substituents is 1. The molecule has 5 heteroatoms. The maximum atomic E-state index is 9.98. The number of aromatic amines is 1. The van der Waals surface area contributed by atoms with Crippen LogP contribution in [0.5, 0.6) is 11.5 Å². The average molecular weight is 345 g/mol. The lowest BCUT2D eigenvalue weighted by Gasteiger charge is -2.24. The first-order chi connectivity index (χ1) is 11.3. The highest BCUT2D eigenvalue weighted by atomic mass is 35.5. The SMILES string of the molecule is COc1ccc(CC2NCCc3c2[nH]c2ccccc32)cc1O.Cl. The van der Waals surface area contributed by atoms with E-state index in [1.54, 1.807) is 13.2 Å². The molecule has 0 amide bonds. The highest BCUT2D eigenvalue weighted by Gasteiger charge is 2.24. The molecule has 0 bridgehead atoms. The minimum atomic E-state index is 0. The van der Waals surface area contributed by atoms with Crippen molar-refractivity contribution in [2.24, 2.45) is 0 Å². The van der Waals surface area contributed by atoms with Gasteiger partial charge in [-0.25, -0.2) is 0 Å². The largest absolute Gasteiger partial charge is 0.504 e. The van der Waals surface area contributed by atoms with Gasteiger partial charge in [-0.15, -0.1) is 12.4 Å². The van der Waals surface area contributed by atoms with Crippen LogP contribution in [0.2, 0.25) is 0 Å². The summed E-state index contributed by atoms with van der Waals surface area (Å²) in [4.78, 5) is 3.57. The fraction of sp³-hybridized carbons (Fsp3) is 0.263. The van der Waals surface area contributed by atoms with Gasteiger partial charge < -0.3 is 20.1 Å². The van der Waals surface area contributed by atoms with Crippen LogP contribution < -0.4 is 10.1 Å². The van der Waals surface area contributed by atoms with Crippen molar-refractivity contribution in [3.63, 3.8) is 0 Å². The highest BCUT2D eigenvalue weighted by Crippen LogP contribution is 2.33. The van der Waals surface area contributed by atoms with Gasteiger partial charge in [0.2, 0.25) is 0 Å². The van der Waals surface area contributed by atoms with Crippen molar-refractivity contribution in [1.29, 1.82) is 0 Å². The van der Waals surface area contributed by atoms with Gasteiger partial charge in [0.1, 0.15) is 0 Å². The molecule has 0 radical (unpaired) electrons. The molecule has 0 spiro atoms. The normalized spacial score (nSPS) is 16.5. The molecule has 4 nitrogen and oxygen atoms in total. The van der Waals surface area contributed by atoms with Gasteiger partial charge in [0.05, 0.1) is 13.2 Å². The molecule has 24 heavy (non-hydrogen) atoms. The van der Waals surface area contributed by atoms with Crippen molar-refractivity contribution in [3.05, 3.63) is 59.3 Å². The molecular formula is C19H21ClN2O2. The average Bonchev–Trinajstić information content (AvgIpc) is 2.95. The molecule has 1 aliphatic rings. The highest BCUT2D eigenvalue weighted by molar-refractivity contribution is 5.85. The Morgan fingerprint density at radius 3 is 2.83 bits per heavy atom. The van der Waals surface area contributed by atoms with Gasteiger partial charge in [-0.3, -0.25) is 0 Å². The van der Waals surface area contributed by atoms with E-state index in [4.69, 9.17) is 4.74 Å². The Balaban J connectivity index is 0.00000169. The zero-order valence-electron chi connectivity index (χ0n) is 13.5. The molecule has 3 aromatic rings. The number of nitrogens with one attached hydrogen (secondary N) is 2. The minimum absolute atomic E-state index is 0. The molecule has 1 unspecified atom stereocenters. The molecule has 3 N–H and O–H groups in total. The van der Waals surface area contributed by atoms with E-state index < -0.39 is 0 Å². The number of benzene rings is 2. The number of phenols is 1. The maximum absolute atomic E-state index is 9.98. The second kappa shape index (κ2) is 6.75. The van der Waals surface area contributed by atoms with E-state index in [1.165, 1.54) is 22.2 Å². The van der Waals surface area contributed by atoms with Crippen LogP contribution in [0.3, 0.4) is 0 Å². The van der Waals surface area contributed by atoms with Crippen LogP contribution in [0.15, 0.2) is 42.5 Å². The third-order valence-corrected chi connectivity index (χ3v) is 4.64. The molecule has 2 heterocycles. The van der Waals surface area contributed by atoms with Crippen molar-refractivity contribution in [1.82, 2.24) is 10.3 Å². The van der Waals surface area contributed by atoms with Crippen molar-refractivity contribution >= 4 is 23.3 Å². The number of hydrogen-bond donors (Lipinski definition) is 3. The van der Waals surface area contributed by atoms with Gasteiger partial charge in [0, 0.05) is 16.6 Å². The van der Waals surface area contributed by atoms with Crippen LogP contribution in [0.4, 0.5) is 0 Å². The van der Waals surface area contributed by atoms with Crippen molar-refractivity contribution in [2.75, 3.05) is 13.7 Å². The Hall–Kier alpha value is -2.17. The van der Waals surface area contributed by atoms with E-state index in [1.807, 2.05) is 12.1 Å². The van der Waals surface area contributed by atoms with E-state index in [0.29, 0.717) is 5.75 Å². The summed E-state index contributed by atoms with van der Waals surface area (Å²) in [6.45, 7) is 0.974. The summed E-state index contributed by atoms with van der Waals surface area (Å²) in [6, 6.07) is 14.3. The number of ether oxygens (including phenoxy) is 1. The summed E-state index contributed by atoms with van der Waals surface area (Å²) in [5.41, 5.74) is 4.98. The summed E-state index contributed by atoms with van der Waals surface area (Å²) < 4.78 is 5.11. The lowest BCUT2D eigenvalue weighted by atomic mass is 9.94. The monoisotopic (exact) mass is 344 g/mol. The molecule has 1 aliphatic heterocycles. The molecule has 2 aromatic carbocycles. The summed E-state index contributed by atoms with van der Waals surface area (Å²) >= 11 is 0. The van der Waals surface area contributed by atoms with Crippen LogP contribution in [0.25, 0.3) is 10.9 Å². The van der Waals surface area contributed by atoms with Crippen LogP contribution in [0, 0.1) is 0 Å². The van der Waals surface area contributed by atoms with Crippen LogP contribution >= 0.6 is 12.4 Å². The van der Waals surface area contributed by atoms with E-state index in [9.17, 15) is 5.11 Å². The van der Waals surface area contributed by atoms with E-state index in [2.05, 4.69) is 34.6 Å². The molecule has 1 atom stereocenters. The zero-order chi connectivity index (χ0) is 15.8. The Kier molecular flexibility index (Phi) is 4.69. The number of aromatic nitrogens is 1. The van der Waals surface area contributed by atoms with Crippen molar-refractivity contribution in [3.8, 4) is 11.5 Å². The number of H-pyrrole nitrogens is 1.